The van der Waals surface area contributed by atoms with Crippen LogP contribution in [-0.2, 0) is 17.8 Å². The number of carbonyl (C=O) groups is 2. The van der Waals surface area contributed by atoms with E-state index in [4.69, 9.17) is 4.74 Å². The van der Waals surface area contributed by atoms with Crippen LogP contribution in [0.2, 0.25) is 0 Å². The van der Waals surface area contributed by atoms with Gasteiger partial charge in [-0.1, -0.05) is 29.8 Å². The van der Waals surface area contributed by atoms with Gasteiger partial charge in [0.25, 0.3) is 5.91 Å². The normalized spacial score (nSPS) is 14.8. The van der Waals surface area contributed by atoms with Crippen molar-refractivity contribution in [3.05, 3.63) is 94.8 Å². The number of fused-ring (bicyclic) bond motifs is 1. The molecule has 158 valence electrons. The Hall–Kier alpha value is -3.67. The summed E-state index contributed by atoms with van der Waals surface area (Å²) < 4.78 is 18.8. The van der Waals surface area contributed by atoms with Gasteiger partial charge in [-0.15, -0.1) is 0 Å². The zero-order valence-electron chi connectivity index (χ0n) is 17.2. The Morgan fingerprint density at radius 1 is 1.06 bits per heavy atom. The summed E-state index contributed by atoms with van der Waals surface area (Å²) in [5.41, 5.74) is 3.96. The molecule has 2 amide bonds. The van der Waals surface area contributed by atoms with Gasteiger partial charge in [-0.2, -0.15) is 0 Å². The van der Waals surface area contributed by atoms with Crippen LogP contribution in [0, 0.1) is 18.7 Å². The van der Waals surface area contributed by atoms with Crippen LogP contribution in [0.15, 0.2) is 66.7 Å². The van der Waals surface area contributed by atoms with E-state index >= 15 is 0 Å². The second kappa shape index (κ2) is 9.00. The quantitative estimate of drug-likeness (QED) is 0.651. The Morgan fingerprint density at radius 2 is 1.87 bits per heavy atom. The first-order chi connectivity index (χ1) is 15.0. The minimum Gasteiger partial charge on any atom is -0.492 e. The van der Waals surface area contributed by atoms with E-state index in [1.165, 1.54) is 12.1 Å². The number of nitrogens with one attached hydrogen (secondary N) is 2. The van der Waals surface area contributed by atoms with Crippen molar-refractivity contribution in [3.8, 4) is 5.75 Å². The molecule has 6 heteroatoms. The predicted octanol–water partition coefficient (Wildman–Crippen LogP) is 4.25. The monoisotopic (exact) mass is 418 g/mol. The second-order valence-corrected chi connectivity index (χ2v) is 7.70. The van der Waals surface area contributed by atoms with Crippen LogP contribution in [0.1, 0.15) is 27.0 Å². The van der Waals surface area contributed by atoms with E-state index in [2.05, 4.69) is 10.6 Å². The van der Waals surface area contributed by atoms with Crippen molar-refractivity contribution >= 4 is 17.5 Å². The zero-order chi connectivity index (χ0) is 21.8. The average Bonchev–Trinajstić information content (AvgIpc) is 2.78. The lowest BCUT2D eigenvalue weighted by Gasteiger charge is -2.25. The van der Waals surface area contributed by atoms with Crippen molar-refractivity contribution in [1.29, 1.82) is 0 Å². The fraction of sp³-hybridized carbons (Fsp3) is 0.200. The molecule has 1 aliphatic rings. The van der Waals surface area contributed by atoms with Crippen LogP contribution < -0.4 is 15.4 Å². The molecule has 5 nitrogen and oxygen atoms in total. The van der Waals surface area contributed by atoms with Crippen LogP contribution in [0.3, 0.4) is 0 Å². The second-order valence-electron chi connectivity index (χ2n) is 7.70. The van der Waals surface area contributed by atoms with Crippen molar-refractivity contribution in [2.45, 2.75) is 19.9 Å². The van der Waals surface area contributed by atoms with Crippen molar-refractivity contribution in [2.75, 3.05) is 11.9 Å². The van der Waals surface area contributed by atoms with E-state index in [1.807, 2.05) is 37.3 Å². The van der Waals surface area contributed by atoms with Crippen LogP contribution in [0.4, 0.5) is 10.1 Å². The van der Waals surface area contributed by atoms with Gasteiger partial charge in [0, 0.05) is 17.8 Å². The summed E-state index contributed by atoms with van der Waals surface area (Å²) in [6.45, 7) is 2.56. The predicted molar refractivity (Wildman–Crippen MR) is 117 cm³/mol. The number of hydrogen-bond donors (Lipinski definition) is 2. The third-order valence-corrected chi connectivity index (χ3v) is 5.26. The lowest BCUT2D eigenvalue weighted by Crippen LogP contribution is -2.37. The van der Waals surface area contributed by atoms with E-state index in [-0.39, 0.29) is 30.2 Å². The van der Waals surface area contributed by atoms with Crippen LogP contribution in [0.5, 0.6) is 5.75 Å². The number of halogens is 1. The molecular formula is C25H23FN2O3. The molecule has 0 bridgehead atoms. The number of aryl methyl sites for hydroxylation is 1. The molecule has 1 aliphatic heterocycles. The maximum absolute atomic E-state index is 13.0. The summed E-state index contributed by atoms with van der Waals surface area (Å²) in [7, 11) is 0. The number of carbonyl (C=O) groups excluding carboxylic acids is 2. The van der Waals surface area contributed by atoms with E-state index < -0.39 is 0 Å². The topological polar surface area (TPSA) is 67.4 Å². The minimum atomic E-state index is -0.337. The number of hydrogen-bond acceptors (Lipinski definition) is 3. The molecule has 1 heterocycles. The molecule has 1 atom stereocenters. The first-order valence-corrected chi connectivity index (χ1v) is 10.1. The summed E-state index contributed by atoms with van der Waals surface area (Å²) in [4.78, 5) is 25.1. The van der Waals surface area contributed by atoms with Gasteiger partial charge in [0.15, 0.2) is 0 Å². The average molecular weight is 418 g/mol. The van der Waals surface area contributed by atoms with E-state index in [0.29, 0.717) is 24.2 Å². The third kappa shape index (κ3) is 5.09. The molecule has 0 aromatic heterocycles. The van der Waals surface area contributed by atoms with Gasteiger partial charge in [0.2, 0.25) is 5.91 Å². The van der Waals surface area contributed by atoms with E-state index in [1.54, 1.807) is 24.3 Å². The molecule has 2 N–H and O–H groups in total. The summed E-state index contributed by atoms with van der Waals surface area (Å²) >= 11 is 0. The molecule has 0 fully saturated rings. The Bertz CT molecular complexity index is 1110. The molecule has 0 aliphatic carbocycles. The smallest absolute Gasteiger partial charge is 0.255 e. The summed E-state index contributed by atoms with van der Waals surface area (Å²) in [5, 5.41) is 5.79. The number of rotatable bonds is 5. The van der Waals surface area contributed by atoms with E-state index in [0.717, 1.165) is 22.4 Å². The molecule has 4 rings (SSSR count). The molecule has 0 unspecified atom stereocenters. The molecule has 31 heavy (non-hydrogen) atoms. The van der Waals surface area contributed by atoms with Gasteiger partial charge < -0.3 is 15.4 Å². The first-order valence-electron chi connectivity index (χ1n) is 10.1. The molecule has 0 radical (unpaired) electrons. The Morgan fingerprint density at radius 3 is 2.65 bits per heavy atom. The van der Waals surface area contributed by atoms with Crippen molar-refractivity contribution in [3.63, 3.8) is 0 Å². The highest BCUT2D eigenvalue weighted by molar-refractivity contribution is 6.04. The Labute approximate surface area is 180 Å². The number of anilines is 1. The van der Waals surface area contributed by atoms with Gasteiger partial charge >= 0.3 is 0 Å². The lowest BCUT2D eigenvalue weighted by molar-refractivity contribution is -0.126. The first kappa shape index (κ1) is 20.6. The van der Waals surface area contributed by atoms with Gasteiger partial charge in [0.1, 0.15) is 18.2 Å². The summed E-state index contributed by atoms with van der Waals surface area (Å²) in [5.74, 6) is -0.234. The number of benzene rings is 3. The lowest BCUT2D eigenvalue weighted by atomic mass is 9.95. The minimum absolute atomic E-state index is 0.121. The largest absolute Gasteiger partial charge is 0.492 e. The zero-order valence-corrected chi connectivity index (χ0v) is 17.2. The number of amides is 2. The molecule has 0 saturated heterocycles. The summed E-state index contributed by atoms with van der Waals surface area (Å²) in [6.07, 6.45) is 0.513. The van der Waals surface area contributed by atoms with Gasteiger partial charge in [-0.3, -0.25) is 9.59 Å². The van der Waals surface area contributed by atoms with Crippen LogP contribution in [-0.4, -0.2) is 18.4 Å². The highest BCUT2D eigenvalue weighted by Gasteiger charge is 2.26. The fourth-order valence-corrected chi connectivity index (χ4v) is 3.57. The third-order valence-electron chi connectivity index (χ3n) is 5.26. The number of ether oxygens (including phenoxy) is 1. The standard InChI is InChI=1S/C25H23FN2O3/c1-16-3-2-4-18(11-16)25(30)28-22-9-10-23-19(13-22)12-20(15-31-23)24(29)27-14-17-5-7-21(26)8-6-17/h2-11,13,20H,12,14-15H2,1H3,(H,27,29)(H,28,30)/t20-/m1/s1. The highest BCUT2D eigenvalue weighted by atomic mass is 19.1. The van der Waals surface area contributed by atoms with E-state index in [9.17, 15) is 14.0 Å². The maximum Gasteiger partial charge on any atom is 0.255 e. The molecule has 3 aromatic carbocycles. The Balaban J connectivity index is 1.39. The van der Waals surface area contributed by atoms with Crippen LogP contribution in [0.25, 0.3) is 0 Å². The molecular weight excluding hydrogens is 395 g/mol. The summed E-state index contributed by atoms with van der Waals surface area (Å²) in [6, 6.07) is 18.9. The van der Waals surface area contributed by atoms with Crippen molar-refractivity contribution in [2.24, 2.45) is 5.92 Å². The van der Waals surface area contributed by atoms with Gasteiger partial charge in [-0.25, -0.2) is 4.39 Å². The molecule has 0 spiro atoms. The van der Waals surface area contributed by atoms with Crippen molar-refractivity contribution < 1.29 is 18.7 Å². The SMILES string of the molecule is Cc1cccc(C(=O)Nc2ccc3c(c2)C[C@@H](C(=O)NCc2ccc(F)cc2)CO3)c1. The van der Waals surface area contributed by atoms with Gasteiger partial charge in [0.05, 0.1) is 5.92 Å². The fourth-order valence-electron chi connectivity index (χ4n) is 3.57. The highest BCUT2D eigenvalue weighted by Crippen LogP contribution is 2.30. The molecule has 0 saturated carbocycles. The molecule has 3 aromatic rings. The van der Waals surface area contributed by atoms with Gasteiger partial charge in [-0.05, 0) is 66.9 Å². The van der Waals surface area contributed by atoms with Crippen molar-refractivity contribution in [1.82, 2.24) is 5.32 Å². The Kier molecular flexibility index (Phi) is 5.98. The van der Waals surface area contributed by atoms with Crippen LogP contribution >= 0.6 is 0 Å². The maximum atomic E-state index is 13.0.